The minimum absolute atomic E-state index is 0.0898. The van der Waals surface area contributed by atoms with Crippen LogP contribution in [0.3, 0.4) is 0 Å². The van der Waals surface area contributed by atoms with Crippen molar-refractivity contribution in [1.29, 1.82) is 0 Å². The molecule has 0 amide bonds. The average Bonchev–Trinajstić information content (AvgIpc) is 3.27. The molecule has 0 aromatic heterocycles. The lowest BCUT2D eigenvalue weighted by molar-refractivity contribution is -0.307. The van der Waals surface area contributed by atoms with E-state index in [2.05, 4.69) is 9.84 Å². The quantitative estimate of drug-likeness (QED) is 0.655. The number of nitrogens with zero attached hydrogens (tertiary/aromatic N) is 2. The molecule has 2 aromatic carbocycles. The van der Waals surface area contributed by atoms with Crippen molar-refractivity contribution < 1.29 is 26.3 Å². The zero-order valence-corrected chi connectivity index (χ0v) is 19.4. The second kappa shape index (κ2) is 8.59. The lowest BCUT2D eigenvalue weighted by Gasteiger charge is -2.42. The third-order valence-electron chi connectivity index (χ3n) is 5.93. The molecule has 2 aliphatic rings. The minimum Gasteiger partial charge on any atom is -0.410 e. The molecule has 0 fully saturated rings. The molecule has 0 saturated heterocycles. The Morgan fingerprint density at radius 1 is 1.12 bits per heavy atom. The Morgan fingerprint density at radius 2 is 1.82 bits per heavy atom. The van der Waals surface area contributed by atoms with E-state index in [-0.39, 0.29) is 17.1 Å². The molecule has 1 atom stereocenters. The summed E-state index contributed by atoms with van der Waals surface area (Å²) in [7, 11) is -3.93. The maximum absolute atomic E-state index is 13.3. The van der Waals surface area contributed by atoms with E-state index in [1.54, 1.807) is 23.4 Å². The molecule has 1 unspecified atom stereocenters. The smallest absolute Gasteiger partial charge is 0.410 e. The van der Waals surface area contributed by atoms with E-state index in [4.69, 9.17) is 5.14 Å². The number of benzene rings is 2. The van der Waals surface area contributed by atoms with Crippen molar-refractivity contribution in [2.45, 2.75) is 43.5 Å². The highest BCUT2D eigenvalue weighted by atomic mass is 32.2. The van der Waals surface area contributed by atoms with Crippen LogP contribution in [0.25, 0.3) is 5.57 Å². The van der Waals surface area contributed by atoms with Crippen molar-refractivity contribution in [2.24, 2.45) is 10.2 Å². The Bertz CT molecular complexity index is 1300. The lowest BCUT2D eigenvalue weighted by atomic mass is 9.78. The van der Waals surface area contributed by atoms with Crippen molar-refractivity contribution in [3.8, 4) is 0 Å². The van der Waals surface area contributed by atoms with Gasteiger partial charge in [0.2, 0.25) is 10.0 Å². The molecule has 0 bridgehead atoms. The SMILES string of the molecule is Cc1ccc(C2=CC(c3ccc(S(N)(=O)=O)cc3)(N3CCC=N3)CC(OC(F)(F)F)=C2)c(C)c1. The summed E-state index contributed by atoms with van der Waals surface area (Å²) in [6.45, 7) is 4.32. The predicted molar refractivity (Wildman–Crippen MR) is 123 cm³/mol. The van der Waals surface area contributed by atoms with Gasteiger partial charge < -0.3 is 4.74 Å². The third kappa shape index (κ3) is 4.88. The van der Waals surface area contributed by atoms with Crippen LogP contribution in [0.4, 0.5) is 13.2 Å². The van der Waals surface area contributed by atoms with Gasteiger partial charge in [0.1, 0.15) is 11.3 Å². The summed E-state index contributed by atoms with van der Waals surface area (Å²) in [6.07, 6.45) is 0.599. The van der Waals surface area contributed by atoms with E-state index in [1.165, 1.54) is 18.2 Å². The van der Waals surface area contributed by atoms with Gasteiger partial charge in [-0.05, 0) is 60.4 Å². The maximum atomic E-state index is 13.3. The second-order valence-electron chi connectivity index (χ2n) is 8.46. The van der Waals surface area contributed by atoms with Gasteiger partial charge in [-0.3, -0.25) is 5.01 Å². The fourth-order valence-electron chi connectivity index (χ4n) is 4.48. The number of alkyl halides is 3. The number of rotatable bonds is 5. The molecule has 0 spiro atoms. The summed E-state index contributed by atoms with van der Waals surface area (Å²) in [5.41, 5.74) is 2.69. The molecule has 1 aliphatic carbocycles. The Hall–Kier alpha value is -3.11. The van der Waals surface area contributed by atoms with E-state index < -0.39 is 21.9 Å². The van der Waals surface area contributed by atoms with Gasteiger partial charge in [0.25, 0.3) is 0 Å². The van der Waals surface area contributed by atoms with Gasteiger partial charge in [-0.1, -0.05) is 35.9 Å². The van der Waals surface area contributed by atoms with Gasteiger partial charge in [0, 0.05) is 25.6 Å². The topological polar surface area (TPSA) is 85.0 Å². The Balaban J connectivity index is 1.92. The molecule has 2 N–H and O–H groups in total. The second-order valence-corrected chi connectivity index (χ2v) is 10.0. The standard InChI is InChI=1S/C24H24F3N3O3S/c1-16-4-9-22(17(2)12-16)18-13-20(33-24(25,26)27)15-23(14-18,30-11-3-10-29-30)19-5-7-21(8-6-19)34(28,31)32/h4-10,12-14H,3,11,15H2,1-2H3,(H2,28,31,32). The molecule has 0 saturated carbocycles. The van der Waals surface area contributed by atoms with Gasteiger partial charge in [-0.2, -0.15) is 5.10 Å². The van der Waals surface area contributed by atoms with Crippen molar-refractivity contribution in [1.82, 2.24) is 5.01 Å². The molecule has 1 heterocycles. The number of hydrogen-bond acceptors (Lipinski definition) is 5. The van der Waals surface area contributed by atoms with E-state index >= 15 is 0 Å². The highest BCUT2D eigenvalue weighted by Crippen LogP contribution is 2.46. The van der Waals surface area contributed by atoms with E-state index in [0.29, 0.717) is 24.1 Å². The van der Waals surface area contributed by atoms with E-state index in [9.17, 15) is 21.6 Å². The summed E-state index contributed by atoms with van der Waals surface area (Å²) >= 11 is 0. The highest BCUT2D eigenvalue weighted by Gasteiger charge is 2.44. The predicted octanol–water partition coefficient (Wildman–Crippen LogP) is 4.75. The number of halogens is 3. The number of hydrogen-bond donors (Lipinski definition) is 1. The summed E-state index contributed by atoms with van der Waals surface area (Å²) in [5, 5.41) is 11.4. The first-order chi connectivity index (χ1) is 15.9. The number of sulfonamides is 1. The molecule has 4 rings (SSSR count). The van der Waals surface area contributed by atoms with Crippen LogP contribution < -0.4 is 5.14 Å². The maximum Gasteiger partial charge on any atom is 0.572 e. The van der Waals surface area contributed by atoms with Crippen molar-refractivity contribution >= 4 is 21.8 Å². The summed E-state index contributed by atoms with van der Waals surface area (Å²) in [6, 6.07) is 11.5. The Morgan fingerprint density at radius 3 is 2.38 bits per heavy atom. The van der Waals surface area contributed by atoms with Crippen LogP contribution in [0.15, 0.2) is 70.4 Å². The number of nitrogens with two attached hydrogens (primary N) is 1. The number of aryl methyl sites for hydroxylation is 2. The largest absolute Gasteiger partial charge is 0.572 e. The van der Waals surface area contributed by atoms with Gasteiger partial charge in [0.15, 0.2) is 0 Å². The summed E-state index contributed by atoms with van der Waals surface area (Å²) in [5.74, 6) is -0.261. The zero-order valence-electron chi connectivity index (χ0n) is 18.6. The van der Waals surface area contributed by atoms with Crippen LogP contribution in [0.1, 0.15) is 35.1 Å². The fourth-order valence-corrected chi connectivity index (χ4v) is 4.99. The van der Waals surface area contributed by atoms with Crippen LogP contribution in [0.5, 0.6) is 0 Å². The number of ether oxygens (including phenoxy) is 1. The normalized spacial score (nSPS) is 20.8. The molecule has 34 heavy (non-hydrogen) atoms. The zero-order chi connectivity index (χ0) is 24.7. The molecular formula is C24H24F3N3O3S. The van der Waals surface area contributed by atoms with Crippen LogP contribution in [-0.2, 0) is 20.3 Å². The van der Waals surface area contributed by atoms with Gasteiger partial charge >= 0.3 is 6.36 Å². The third-order valence-corrected chi connectivity index (χ3v) is 6.86. The number of primary sulfonamides is 1. The fraction of sp³-hybridized carbons (Fsp3) is 0.292. The first-order valence-electron chi connectivity index (χ1n) is 10.6. The monoisotopic (exact) mass is 491 g/mol. The van der Waals surface area contributed by atoms with Crippen LogP contribution in [-0.4, -0.2) is 32.5 Å². The molecule has 180 valence electrons. The first kappa shape index (κ1) is 24.0. The van der Waals surface area contributed by atoms with Crippen LogP contribution >= 0.6 is 0 Å². The highest BCUT2D eigenvalue weighted by molar-refractivity contribution is 7.89. The lowest BCUT2D eigenvalue weighted by Crippen LogP contribution is -2.43. The number of allylic oxidation sites excluding steroid dienone is 2. The Labute approximate surface area is 196 Å². The van der Waals surface area contributed by atoms with Gasteiger partial charge in [-0.15, -0.1) is 13.2 Å². The minimum atomic E-state index is -4.87. The van der Waals surface area contributed by atoms with Gasteiger partial charge in [0.05, 0.1) is 4.90 Å². The van der Waals surface area contributed by atoms with E-state index in [1.807, 2.05) is 38.1 Å². The van der Waals surface area contributed by atoms with Crippen LogP contribution in [0, 0.1) is 13.8 Å². The average molecular weight is 492 g/mol. The summed E-state index contributed by atoms with van der Waals surface area (Å²) < 4.78 is 67.9. The Kier molecular flexibility index (Phi) is 6.07. The molecular weight excluding hydrogens is 467 g/mol. The summed E-state index contributed by atoms with van der Waals surface area (Å²) in [4.78, 5) is -0.0898. The van der Waals surface area contributed by atoms with Gasteiger partial charge in [-0.25, -0.2) is 13.6 Å². The molecule has 1 aliphatic heterocycles. The van der Waals surface area contributed by atoms with Crippen molar-refractivity contribution in [2.75, 3.05) is 6.54 Å². The molecule has 2 aromatic rings. The molecule has 10 heteroatoms. The number of hydrazone groups is 1. The van der Waals surface area contributed by atoms with E-state index in [0.717, 1.165) is 16.7 Å². The first-order valence-corrected chi connectivity index (χ1v) is 12.1. The van der Waals surface area contributed by atoms with Crippen LogP contribution in [0.2, 0.25) is 0 Å². The van der Waals surface area contributed by atoms with Crippen molar-refractivity contribution in [3.63, 3.8) is 0 Å². The molecule has 6 nitrogen and oxygen atoms in total. The van der Waals surface area contributed by atoms with Crippen molar-refractivity contribution in [3.05, 3.63) is 82.6 Å². The molecule has 0 radical (unpaired) electrons.